The van der Waals surface area contributed by atoms with Gasteiger partial charge in [0, 0.05) is 0 Å². The van der Waals surface area contributed by atoms with Gasteiger partial charge in [-0.25, -0.2) is 0 Å². The first-order chi connectivity index (χ1) is 10.3. The van der Waals surface area contributed by atoms with E-state index in [2.05, 4.69) is 0 Å². The van der Waals surface area contributed by atoms with Gasteiger partial charge in [-0.15, -0.1) is 0 Å². The first-order valence-corrected chi connectivity index (χ1v) is 7.84. The summed E-state index contributed by atoms with van der Waals surface area (Å²) in [6, 6.07) is 17.6. The van der Waals surface area contributed by atoms with Gasteiger partial charge in [0.1, 0.15) is 11.5 Å². The second-order valence-electron chi connectivity index (χ2n) is 5.83. The molecule has 0 amide bonds. The van der Waals surface area contributed by atoms with E-state index in [4.69, 9.17) is 4.74 Å². The first-order valence-electron chi connectivity index (χ1n) is 7.84. The predicted molar refractivity (Wildman–Crippen MR) is 84.5 cm³/mol. The average molecular weight is 282 g/mol. The molecule has 2 aromatic carbocycles. The first kappa shape index (κ1) is 14.2. The van der Waals surface area contributed by atoms with Crippen LogP contribution in [-0.2, 0) is 0 Å². The molecule has 1 saturated carbocycles. The maximum absolute atomic E-state index is 10.6. The Morgan fingerprint density at radius 2 is 1.57 bits per heavy atom. The highest BCUT2D eigenvalue weighted by molar-refractivity contribution is 5.34. The lowest BCUT2D eigenvalue weighted by molar-refractivity contribution is 0.0847. The minimum atomic E-state index is -0.371. The molecule has 1 unspecified atom stereocenters. The van der Waals surface area contributed by atoms with Crippen LogP contribution in [0.15, 0.2) is 54.6 Å². The second kappa shape index (κ2) is 6.77. The fraction of sp³-hybridized carbons (Fsp3) is 0.368. The molecule has 0 aromatic heterocycles. The zero-order chi connectivity index (χ0) is 14.5. The molecule has 1 aliphatic rings. The average Bonchev–Trinajstić information content (AvgIpc) is 2.56. The van der Waals surface area contributed by atoms with Gasteiger partial charge in [0.2, 0.25) is 0 Å². The second-order valence-corrected chi connectivity index (χ2v) is 5.83. The van der Waals surface area contributed by atoms with Crippen LogP contribution in [0.4, 0.5) is 0 Å². The molecule has 1 atom stereocenters. The van der Waals surface area contributed by atoms with Gasteiger partial charge in [-0.2, -0.15) is 0 Å². The number of hydrogen-bond donors (Lipinski definition) is 1. The molecule has 1 aliphatic carbocycles. The Labute approximate surface area is 126 Å². The molecule has 110 valence electrons. The third-order valence-corrected chi connectivity index (χ3v) is 4.27. The zero-order valence-corrected chi connectivity index (χ0v) is 12.2. The van der Waals surface area contributed by atoms with Crippen LogP contribution in [0.25, 0.3) is 0 Å². The molecular formula is C19H22O2. The van der Waals surface area contributed by atoms with Crippen molar-refractivity contribution in [1.29, 1.82) is 0 Å². The number of aliphatic hydroxyl groups excluding tert-OH is 1. The van der Waals surface area contributed by atoms with Crippen molar-refractivity contribution in [2.75, 3.05) is 0 Å². The van der Waals surface area contributed by atoms with E-state index in [0.717, 1.165) is 29.9 Å². The van der Waals surface area contributed by atoms with Crippen molar-refractivity contribution < 1.29 is 9.84 Å². The van der Waals surface area contributed by atoms with Gasteiger partial charge in [-0.1, -0.05) is 49.6 Å². The Kier molecular flexibility index (Phi) is 4.56. The van der Waals surface area contributed by atoms with Gasteiger partial charge in [0.05, 0.1) is 6.10 Å². The van der Waals surface area contributed by atoms with Crippen molar-refractivity contribution in [2.45, 2.75) is 38.2 Å². The Morgan fingerprint density at radius 3 is 2.33 bits per heavy atom. The molecule has 21 heavy (non-hydrogen) atoms. The fourth-order valence-corrected chi connectivity index (χ4v) is 3.11. The Morgan fingerprint density at radius 1 is 0.857 bits per heavy atom. The van der Waals surface area contributed by atoms with Crippen molar-refractivity contribution in [2.24, 2.45) is 5.92 Å². The molecular weight excluding hydrogens is 260 g/mol. The van der Waals surface area contributed by atoms with Crippen LogP contribution in [-0.4, -0.2) is 5.11 Å². The highest BCUT2D eigenvalue weighted by Crippen LogP contribution is 2.35. The SMILES string of the molecule is OC(c1cccc(Oc2ccccc2)c1)C1CCCCC1. The normalized spacial score (nSPS) is 17.4. The number of benzene rings is 2. The standard InChI is InChI=1S/C19H22O2/c20-19(15-8-3-1-4-9-15)16-10-7-13-18(14-16)21-17-11-5-2-6-12-17/h2,5-7,10-15,19-20H,1,3-4,8-9H2. The van der Waals surface area contributed by atoms with Gasteiger partial charge < -0.3 is 9.84 Å². The third-order valence-electron chi connectivity index (χ3n) is 4.27. The van der Waals surface area contributed by atoms with Crippen LogP contribution in [0.3, 0.4) is 0 Å². The summed E-state index contributed by atoms with van der Waals surface area (Å²) in [6.45, 7) is 0. The van der Waals surface area contributed by atoms with Crippen LogP contribution in [0.2, 0.25) is 0 Å². The third kappa shape index (κ3) is 3.64. The van der Waals surface area contributed by atoms with Crippen molar-refractivity contribution in [3.05, 3.63) is 60.2 Å². The molecule has 0 spiro atoms. The monoisotopic (exact) mass is 282 g/mol. The van der Waals surface area contributed by atoms with Crippen LogP contribution < -0.4 is 4.74 Å². The van der Waals surface area contributed by atoms with Crippen LogP contribution in [0, 0.1) is 5.92 Å². The number of ether oxygens (including phenoxy) is 1. The maximum atomic E-state index is 10.6. The van der Waals surface area contributed by atoms with E-state index in [1.54, 1.807) is 0 Å². The summed E-state index contributed by atoms with van der Waals surface area (Å²) in [5.41, 5.74) is 0.968. The molecule has 1 N–H and O–H groups in total. The molecule has 2 nitrogen and oxygen atoms in total. The Balaban J connectivity index is 1.73. The molecule has 2 aromatic rings. The number of hydrogen-bond acceptors (Lipinski definition) is 2. The highest BCUT2D eigenvalue weighted by Gasteiger charge is 2.23. The van der Waals surface area contributed by atoms with E-state index in [-0.39, 0.29) is 6.10 Å². The summed E-state index contributed by atoms with van der Waals surface area (Å²) in [6.07, 6.45) is 5.67. The molecule has 3 rings (SSSR count). The molecule has 0 aliphatic heterocycles. The fourth-order valence-electron chi connectivity index (χ4n) is 3.11. The van der Waals surface area contributed by atoms with Gasteiger partial charge in [0.25, 0.3) is 0 Å². The maximum Gasteiger partial charge on any atom is 0.127 e. The number of rotatable bonds is 4. The lowest BCUT2D eigenvalue weighted by atomic mass is 9.83. The summed E-state index contributed by atoms with van der Waals surface area (Å²) < 4.78 is 5.85. The van der Waals surface area contributed by atoms with Crippen molar-refractivity contribution in [3.63, 3.8) is 0 Å². The van der Waals surface area contributed by atoms with E-state index < -0.39 is 0 Å². The molecule has 0 heterocycles. The number of aliphatic hydroxyl groups is 1. The summed E-state index contributed by atoms with van der Waals surface area (Å²) in [4.78, 5) is 0. The Hall–Kier alpha value is -1.80. The molecule has 0 bridgehead atoms. The van der Waals surface area contributed by atoms with Crippen molar-refractivity contribution in [1.82, 2.24) is 0 Å². The minimum absolute atomic E-state index is 0.371. The molecule has 2 heteroatoms. The summed E-state index contributed by atoms with van der Waals surface area (Å²) >= 11 is 0. The van der Waals surface area contributed by atoms with Gasteiger partial charge in [-0.05, 0) is 48.6 Å². The summed E-state index contributed by atoms with van der Waals surface area (Å²) in [5, 5.41) is 10.6. The molecule has 0 saturated heterocycles. The lowest BCUT2D eigenvalue weighted by Gasteiger charge is -2.27. The van der Waals surface area contributed by atoms with Crippen LogP contribution in [0.1, 0.15) is 43.8 Å². The zero-order valence-electron chi connectivity index (χ0n) is 12.2. The summed E-state index contributed by atoms with van der Waals surface area (Å²) in [7, 11) is 0. The lowest BCUT2D eigenvalue weighted by Crippen LogP contribution is -2.15. The Bertz CT molecular complexity index is 559. The number of para-hydroxylation sites is 1. The van der Waals surface area contributed by atoms with E-state index in [0.29, 0.717) is 5.92 Å². The molecule has 0 radical (unpaired) electrons. The van der Waals surface area contributed by atoms with E-state index >= 15 is 0 Å². The van der Waals surface area contributed by atoms with Gasteiger partial charge >= 0.3 is 0 Å². The summed E-state index contributed by atoms with van der Waals surface area (Å²) in [5.74, 6) is 2.00. The van der Waals surface area contributed by atoms with Gasteiger partial charge in [-0.3, -0.25) is 0 Å². The van der Waals surface area contributed by atoms with Crippen molar-refractivity contribution >= 4 is 0 Å². The largest absolute Gasteiger partial charge is 0.457 e. The quantitative estimate of drug-likeness (QED) is 0.846. The van der Waals surface area contributed by atoms with E-state index in [1.165, 1.54) is 19.3 Å². The van der Waals surface area contributed by atoms with E-state index in [9.17, 15) is 5.11 Å². The molecule has 1 fully saturated rings. The topological polar surface area (TPSA) is 29.5 Å². The van der Waals surface area contributed by atoms with Crippen LogP contribution in [0.5, 0.6) is 11.5 Å². The van der Waals surface area contributed by atoms with Crippen molar-refractivity contribution in [3.8, 4) is 11.5 Å². The van der Waals surface area contributed by atoms with Gasteiger partial charge in [0.15, 0.2) is 0 Å². The van der Waals surface area contributed by atoms with Crippen LogP contribution >= 0.6 is 0 Å². The minimum Gasteiger partial charge on any atom is -0.457 e. The predicted octanol–water partition coefficient (Wildman–Crippen LogP) is 5.09. The highest BCUT2D eigenvalue weighted by atomic mass is 16.5. The van der Waals surface area contributed by atoms with E-state index in [1.807, 2.05) is 54.6 Å². The smallest absolute Gasteiger partial charge is 0.127 e.